The summed E-state index contributed by atoms with van der Waals surface area (Å²) in [5.41, 5.74) is 0.868. The maximum atomic E-state index is 13.6. The van der Waals surface area contributed by atoms with Crippen LogP contribution in [0.1, 0.15) is 31.5 Å². The minimum Gasteiger partial charge on any atom is -0.484 e. The van der Waals surface area contributed by atoms with E-state index in [9.17, 15) is 4.39 Å². The van der Waals surface area contributed by atoms with Crippen LogP contribution in [0.5, 0.6) is 5.75 Å². The molecule has 0 saturated heterocycles. The zero-order valence-electron chi connectivity index (χ0n) is 12.2. The predicted octanol–water partition coefficient (Wildman–Crippen LogP) is 4.51. The Hall–Kier alpha value is -0.980. The second-order valence-corrected chi connectivity index (χ2v) is 7.56. The van der Waals surface area contributed by atoms with Crippen molar-refractivity contribution in [2.75, 3.05) is 0 Å². The highest BCUT2D eigenvalue weighted by Gasteiger charge is 2.11. The molecule has 1 aromatic carbocycles. The van der Waals surface area contributed by atoms with Gasteiger partial charge in [0.15, 0.2) is 11.6 Å². The van der Waals surface area contributed by atoms with Crippen molar-refractivity contribution in [2.45, 2.75) is 39.5 Å². The van der Waals surface area contributed by atoms with Crippen molar-refractivity contribution in [3.05, 3.63) is 44.6 Å². The van der Waals surface area contributed by atoms with Gasteiger partial charge in [-0.05, 0) is 39.0 Å². The molecule has 0 atom stereocenters. The lowest BCUT2D eigenvalue weighted by atomic mass is 10.1. The molecule has 0 aliphatic heterocycles. The van der Waals surface area contributed by atoms with Crippen LogP contribution in [0, 0.1) is 5.82 Å². The average molecular weight is 373 g/mol. The molecule has 3 nitrogen and oxygen atoms in total. The molecule has 0 unspecified atom stereocenters. The van der Waals surface area contributed by atoms with E-state index in [-0.39, 0.29) is 23.7 Å². The van der Waals surface area contributed by atoms with Crippen LogP contribution in [0.4, 0.5) is 4.39 Å². The third-order valence-electron chi connectivity index (χ3n) is 2.64. The summed E-state index contributed by atoms with van der Waals surface area (Å²) in [6.07, 6.45) is 0. The van der Waals surface area contributed by atoms with Crippen molar-refractivity contribution in [3.63, 3.8) is 0 Å². The van der Waals surface area contributed by atoms with Gasteiger partial charge in [0.2, 0.25) is 0 Å². The van der Waals surface area contributed by atoms with E-state index in [1.54, 1.807) is 23.5 Å². The average Bonchev–Trinajstić information content (AvgIpc) is 2.85. The molecular weight excluding hydrogens is 355 g/mol. The van der Waals surface area contributed by atoms with Crippen LogP contribution in [0.3, 0.4) is 0 Å². The number of aromatic nitrogens is 1. The standard InChI is InChI=1S/C15H18BrFN2OS/c1-15(2,3)18-7-14-19-11(9-21-14)8-20-13-6-10(16)4-5-12(13)17/h4-6,9,18H,7-8H2,1-3H3. The third-order valence-corrected chi connectivity index (χ3v) is 4.03. The van der Waals surface area contributed by atoms with Crippen LogP contribution in [0.15, 0.2) is 28.1 Å². The maximum Gasteiger partial charge on any atom is 0.165 e. The molecule has 0 bridgehead atoms. The van der Waals surface area contributed by atoms with Gasteiger partial charge in [0.05, 0.1) is 5.69 Å². The molecule has 1 N–H and O–H groups in total. The Morgan fingerprint density at radius 1 is 1.38 bits per heavy atom. The summed E-state index contributed by atoms with van der Waals surface area (Å²) in [4.78, 5) is 4.48. The van der Waals surface area contributed by atoms with Gasteiger partial charge in [-0.1, -0.05) is 15.9 Å². The number of rotatable bonds is 5. The fraction of sp³-hybridized carbons (Fsp3) is 0.400. The van der Waals surface area contributed by atoms with Gasteiger partial charge in [-0.3, -0.25) is 0 Å². The molecule has 1 heterocycles. The first-order valence-electron chi connectivity index (χ1n) is 6.60. The summed E-state index contributed by atoms with van der Waals surface area (Å²) in [7, 11) is 0. The molecule has 0 spiro atoms. The molecule has 0 saturated carbocycles. The number of benzene rings is 1. The minimum atomic E-state index is -0.372. The molecule has 0 radical (unpaired) electrons. The molecule has 2 rings (SSSR count). The van der Waals surface area contributed by atoms with Crippen molar-refractivity contribution in [1.29, 1.82) is 0 Å². The highest BCUT2D eigenvalue weighted by Crippen LogP contribution is 2.23. The third kappa shape index (κ3) is 5.37. The Morgan fingerprint density at radius 2 is 2.14 bits per heavy atom. The van der Waals surface area contributed by atoms with Gasteiger partial charge < -0.3 is 10.1 Å². The number of thiazole rings is 1. The van der Waals surface area contributed by atoms with E-state index in [1.165, 1.54) is 6.07 Å². The van der Waals surface area contributed by atoms with E-state index >= 15 is 0 Å². The molecule has 0 aliphatic rings. The van der Waals surface area contributed by atoms with E-state index in [0.717, 1.165) is 21.7 Å². The van der Waals surface area contributed by atoms with E-state index in [4.69, 9.17) is 4.74 Å². The van der Waals surface area contributed by atoms with Crippen molar-refractivity contribution in [2.24, 2.45) is 0 Å². The van der Waals surface area contributed by atoms with E-state index in [2.05, 4.69) is 47.0 Å². The summed E-state index contributed by atoms with van der Waals surface area (Å²) < 4.78 is 19.8. The van der Waals surface area contributed by atoms with Crippen LogP contribution < -0.4 is 10.1 Å². The Bertz CT molecular complexity index is 610. The van der Waals surface area contributed by atoms with Crippen LogP contribution >= 0.6 is 27.3 Å². The predicted molar refractivity (Wildman–Crippen MR) is 87.1 cm³/mol. The van der Waals surface area contributed by atoms with Gasteiger partial charge in [-0.15, -0.1) is 11.3 Å². The van der Waals surface area contributed by atoms with Crippen molar-refractivity contribution in [1.82, 2.24) is 10.3 Å². The van der Waals surface area contributed by atoms with Crippen LogP contribution in [-0.2, 0) is 13.2 Å². The lowest BCUT2D eigenvalue weighted by molar-refractivity contribution is 0.286. The van der Waals surface area contributed by atoms with E-state index in [1.807, 2.05) is 5.38 Å². The number of halogens is 2. The van der Waals surface area contributed by atoms with Crippen molar-refractivity contribution in [3.8, 4) is 5.75 Å². The lowest BCUT2D eigenvalue weighted by Gasteiger charge is -2.19. The normalized spacial score (nSPS) is 11.7. The molecule has 0 fully saturated rings. The summed E-state index contributed by atoms with van der Waals surface area (Å²) in [6.45, 7) is 7.32. The van der Waals surface area contributed by atoms with Gasteiger partial charge >= 0.3 is 0 Å². The first-order chi connectivity index (χ1) is 9.83. The van der Waals surface area contributed by atoms with Crippen LogP contribution in [0.25, 0.3) is 0 Å². The van der Waals surface area contributed by atoms with Gasteiger partial charge in [0.1, 0.15) is 11.6 Å². The molecule has 0 amide bonds. The number of ether oxygens (including phenoxy) is 1. The fourth-order valence-electron chi connectivity index (χ4n) is 1.58. The summed E-state index contributed by atoms with van der Waals surface area (Å²) >= 11 is 4.87. The monoisotopic (exact) mass is 372 g/mol. The molecule has 114 valence electrons. The van der Waals surface area contributed by atoms with Gasteiger partial charge in [0, 0.05) is 21.9 Å². The Kier molecular flexibility index (Phi) is 5.35. The van der Waals surface area contributed by atoms with Crippen molar-refractivity contribution >= 4 is 27.3 Å². The SMILES string of the molecule is CC(C)(C)NCc1nc(COc2cc(Br)ccc2F)cs1. The Balaban J connectivity index is 1.92. The zero-order valence-corrected chi connectivity index (χ0v) is 14.6. The van der Waals surface area contributed by atoms with Crippen molar-refractivity contribution < 1.29 is 9.13 Å². The highest BCUT2D eigenvalue weighted by molar-refractivity contribution is 9.10. The minimum absolute atomic E-state index is 0.0573. The Labute approximate surface area is 136 Å². The summed E-state index contributed by atoms with van der Waals surface area (Å²) in [5, 5.41) is 6.32. The summed E-state index contributed by atoms with van der Waals surface area (Å²) in [6, 6.07) is 4.63. The first kappa shape index (κ1) is 16.4. The quantitative estimate of drug-likeness (QED) is 0.837. The topological polar surface area (TPSA) is 34.2 Å². The second-order valence-electron chi connectivity index (χ2n) is 5.70. The molecule has 1 aromatic heterocycles. The smallest absolute Gasteiger partial charge is 0.165 e. The van der Waals surface area contributed by atoms with Crippen LogP contribution in [0.2, 0.25) is 0 Å². The van der Waals surface area contributed by atoms with E-state index in [0.29, 0.717) is 0 Å². The number of nitrogens with zero attached hydrogens (tertiary/aromatic N) is 1. The van der Waals surface area contributed by atoms with E-state index < -0.39 is 0 Å². The summed E-state index contributed by atoms with van der Waals surface area (Å²) in [5.74, 6) is -0.144. The molecule has 21 heavy (non-hydrogen) atoms. The number of hydrogen-bond acceptors (Lipinski definition) is 4. The fourth-order valence-corrected chi connectivity index (χ4v) is 2.64. The second kappa shape index (κ2) is 6.85. The zero-order chi connectivity index (χ0) is 15.5. The van der Waals surface area contributed by atoms with Crippen LogP contribution in [-0.4, -0.2) is 10.5 Å². The number of nitrogens with one attached hydrogen (secondary N) is 1. The first-order valence-corrected chi connectivity index (χ1v) is 8.27. The molecule has 6 heteroatoms. The van der Waals surface area contributed by atoms with Gasteiger partial charge in [0.25, 0.3) is 0 Å². The molecule has 2 aromatic rings. The van der Waals surface area contributed by atoms with Gasteiger partial charge in [-0.2, -0.15) is 0 Å². The molecule has 0 aliphatic carbocycles. The number of hydrogen-bond donors (Lipinski definition) is 1. The largest absolute Gasteiger partial charge is 0.484 e. The molecular formula is C15H18BrFN2OS. The van der Waals surface area contributed by atoms with Gasteiger partial charge in [-0.25, -0.2) is 9.37 Å². The highest BCUT2D eigenvalue weighted by atomic mass is 79.9. The maximum absolute atomic E-state index is 13.6. The lowest BCUT2D eigenvalue weighted by Crippen LogP contribution is -2.35. The Morgan fingerprint density at radius 3 is 2.86 bits per heavy atom.